The average Bonchev–Trinajstić information content (AvgIpc) is 2.36. The highest BCUT2D eigenvalue weighted by Gasteiger charge is 2.08. The lowest BCUT2D eigenvalue weighted by molar-refractivity contribution is -0.120. The van der Waals surface area contributed by atoms with Crippen molar-refractivity contribution in [1.29, 1.82) is 0 Å². The first kappa shape index (κ1) is 17.7. The zero-order chi connectivity index (χ0) is 13.5. The summed E-state index contributed by atoms with van der Waals surface area (Å²) < 4.78 is 18.2. The Hall–Kier alpha value is -1.33. The van der Waals surface area contributed by atoms with E-state index in [9.17, 15) is 9.18 Å². The van der Waals surface area contributed by atoms with Gasteiger partial charge in [-0.1, -0.05) is 13.0 Å². The molecule has 1 atom stereocenters. The van der Waals surface area contributed by atoms with Gasteiger partial charge in [-0.3, -0.25) is 4.79 Å². The average molecular weight is 291 g/mol. The number of halogens is 2. The number of methoxy groups -OCH3 is 1. The zero-order valence-electron chi connectivity index (χ0n) is 11.1. The topological polar surface area (TPSA) is 64.3 Å². The van der Waals surface area contributed by atoms with Crippen LogP contribution in [0.25, 0.3) is 0 Å². The van der Waals surface area contributed by atoms with Crippen molar-refractivity contribution in [2.45, 2.75) is 13.3 Å². The van der Waals surface area contributed by atoms with Crippen LogP contribution >= 0.6 is 12.4 Å². The molecule has 1 aromatic rings. The van der Waals surface area contributed by atoms with Crippen molar-refractivity contribution in [3.05, 3.63) is 29.6 Å². The zero-order valence-corrected chi connectivity index (χ0v) is 11.9. The summed E-state index contributed by atoms with van der Waals surface area (Å²) in [6.45, 7) is 3.01. The molecule has 1 amide bonds. The lowest BCUT2D eigenvalue weighted by Gasteiger charge is -2.10. The van der Waals surface area contributed by atoms with Crippen molar-refractivity contribution in [2.75, 3.05) is 20.2 Å². The minimum absolute atomic E-state index is 0. The Morgan fingerprint density at radius 2 is 2.21 bits per heavy atom. The van der Waals surface area contributed by atoms with Crippen molar-refractivity contribution in [3.63, 3.8) is 0 Å². The molecule has 0 spiro atoms. The van der Waals surface area contributed by atoms with E-state index >= 15 is 0 Å². The summed E-state index contributed by atoms with van der Waals surface area (Å²) in [4.78, 5) is 11.6. The van der Waals surface area contributed by atoms with Gasteiger partial charge < -0.3 is 15.8 Å². The van der Waals surface area contributed by atoms with E-state index in [0.29, 0.717) is 18.7 Å². The number of nitrogens with two attached hydrogens (primary N) is 1. The fourth-order valence-corrected chi connectivity index (χ4v) is 1.44. The number of carbonyl (C=O) groups is 1. The van der Waals surface area contributed by atoms with Crippen molar-refractivity contribution < 1.29 is 13.9 Å². The predicted molar refractivity (Wildman–Crippen MR) is 75.1 cm³/mol. The molecule has 0 aromatic heterocycles. The molecule has 108 valence electrons. The number of hydrogen-bond donors (Lipinski definition) is 2. The Kier molecular flexibility index (Phi) is 8.11. The Morgan fingerprint density at radius 3 is 2.74 bits per heavy atom. The second-order valence-electron chi connectivity index (χ2n) is 4.29. The third-order valence-corrected chi connectivity index (χ3v) is 2.63. The molecule has 0 aliphatic rings. The molecule has 0 bridgehead atoms. The summed E-state index contributed by atoms with van der Waals surface area (Å²) in [5, 5.41) is 2.76. The summed E-state index contributed by atoms with van der Waals surface area (Å²) in [7, 11) is 1.40. The third-order valence-electron chi connectivity index (χ3n) is 2.63. The van der Waals surface area contributed by atoms with Crippen LogP contribution in [0.1, 0.15) is 12.5 Å². The molecule has 1 aromatic carbocycles. The number of rotatable bonds is 6. The number of hydrogen-bond acceptors (Lipinski definition) is 3. The SMILES string of the molecule is COc1ccc(CC(=O)NCC(C)CN)cc1F.Cl. The van der Waals surface area contributed by atoms with E-state index in [1.807, 2.05) is 6.92 Å². The Morgan fingerprint density at radius 1 is 1.53 bits per heavy atom. The highest BCUT2D eigenvalue weighted by atomic mass is 35.5. The Balaban J connectivity index is 0.00000324. The number of nitrogens with one attached hydrogen (secondary N) is 1. The largest absolute Gasteiger partial charge is 0.494 e. The molecular weight excluding hydrogens is 271 g/mol. The molecule has 0 aliphatic heterocycles. The van der Waals surface area contributed by atoms with Gasteiger partial charge in [0.15, 0.2) is 11.6 Å². The van der Waals surface area contributed by atoms with Crippen LogP contribution in [0.4, 0.5) is 4.39 Å². The van der Waals surface area contributed by atoms with Crippen LogP contribution < -0.4 is 15.8 Å². The van der Waals surface area contributed by atoms with E-state index in [0.717, 1.165) is 0 Å². The van der Waals surface area contributed by atoms with Crippen LogP contribution in [0.15, 0.2) is 18.2 Å². The van der Waals surface area contributed by atoms with Gasteiger partial charge in [0, 0.05) is 6.54 Å². The summed E-state index contributed by atoms with van der Waals surface area (Å²) >= 11 is 0. The standard InChI is InChI=1S/C13H19FN2O2.ClH/c1-9(7-15)8-16-13(17)6-10-3-4-12(18-2)11(14)5-10;/h3-5,9H,6-8,15H2,1-2H3,(H,16,17);1H. The highest BCUT2D eigenvalue weighted by molar-refractivity contribution is 5.85. The normalized spacial score (nSPS) is 11.4. The minimum atomic E-state index is -0.460. The first-order valence-electron chi connectivity index (χ1n) is 5.86. The van der Waals surface area contributed by atoms with Crippen LogP contribution in [-0.4, -0.2) is 26.1 Å². The first-order chi connectivity index (χ1) is 8.56. The van der Waals surface area contributed by atoms with E-state index in [-0.39, 0.29) is 36.4 Å². The van der Waals surface area contributed by atoms with Crippen LogP contribution in [0.3, 0.4) is 0 Å². The lowest BCUT2D eigenvalue weighted by Crippen LogP contribution is -2.32. The molecular formula is C13H20ClFN2O2. The maximum atomic E-state index is 13.4. The number of ether oxygens (including phenoxy) is 1. The quantitative estimate of drug-likeness (QED) is 0.835. The van der Waals surface area contributed by atoms with Gasteiger partial charge in [0.2, 0.25) is 5.91 Å². The monoisotopic (exact) mass is 290 g/mol. The van der Waals surface area contributed by atoms with Crippen LogP contribution in [0.2, 0.25) is 0 Å². The summed E-state index contributed by atoms with van der Waals surface area (Å²) in [5.74, 6) is -0.185. The maximum absolute atomic E-state index is 13.4. The smallest absolute Gasteiger partial charge is 0.224 e. The minimum Gasteiger partial charge on any atom is -0.494 e. The molecule has 1 unspecified atom stereocenters. The molecule has 0 radical (unpaired) electrons. The predicted octanol–water partition coefficient (Wildman–Crippen LogP) is 1.51. The molecule has 19 heavy (non-hydrogen) atoms. The molecule has 0 saturated carbocycles. The fraction of sp³-hybridized carbons (Fsp3) is 0.462. The number of benzene rings is 1. The van der Waals surface area contributed by atoms with Crippen LogP contribution in [-0.2, 0) is 11.2 Å². The third kappa shape index (κ3) is 5.89. The summed E-state index contributed by atoms with van der Waals surface area (Å²) in [5.41, 5.74) is 6.06. The summed E-state index contributed by atoms with van der Waals surface area (Å²) in [6.07, 6.45) is 0.151. The van der Waals surface area contributed by atoms with Crippen LogP contribution in [0.5, 0.6) is 5.75 Å². The molecule has 6 heteroatoms. The highest BCUT2D eigenvalue weighted by Crippen LogP contribution is 2.17. The van der Waals surface area contributed by atoms with E-state index in [1.54, 1.807) is 6.07 Å². The molecule has 1 rings (SSSR count). The van der Waals surface area contributed by atoms with Crippen molar-refractivity contribution in [2.24, 2.45) is 11.7 Å². The Bertz CT molecular complexity index is 416. The van der Waals surface area contributed by atoms with Gasteiger partial charge in [0.25, 0.3) is 0 Å². The fourth-order valence-electron chi connectivity index (χ4n) is 1.44. The van der Waals surface area contributed by atoms with Crippen molar-refractivity contribution in [3.8, 4) is 5.75 Å². The first-order valence-corrected chi connectivity index (χ1v) is 5.86. The molecule has 0 heterocycles. The van der Waals surface area contributed by atoms with Gasteiger partial charge in [-0.15, -0.1) is 12.4 Å². The van der Waals surface area contributed by atoms with Gasteiger partial charge in [-0.05, 0) is 30.2 Å². The van der Waals surface area contributed by atoms with E-state index in [2.05, 4.69) is 5.32 Å². The maximum Gasteiger partial charge on any atom is 0.224 e. The van der Waals surface area contributed by atoms with E-state index < -0.39 is 5.82 Å². The second kappa shape index (κ2) is 8.72. The van der Waals surface area contributed by atoms with E-state index in [1.165, 1.54) is 19.2 Å². The molecule has 0 saturated heterocycles. The Labute approximate surface area is 118 Å². The lowest BCUT2D eigenvalue weighted by atomic mass is 10.1. The number of amides is 1. The van der Waals surface area contributed by atoms with Crippen LogP contribution in [0, 0.1) is 11.7 Å². The second-order valence-corrected chi connectivity index (χ2v) is 4.29. The van der Waals surface area contributed by atoms with Gasteiger partial charge in [0.05, 0.1) is 13.5 Å². The van der Waals surface area contributed by atoms with E-state index in [4.69, 9.17) is 10.5 Å². The molecule has 4 nitrogen and oxygen atoms in total. The van der Waals surface area contributed by atoms with Crippen molar-refractivity contribution >= 4 is 18.3 Å². The molecule has 0 aliphatic carbocycles. The van der Waals surface area contributed by atoms with Gasteiger partial charge in [-0.2, -0.15) is 0 Å². The van der Waals surface area contributed by atoms with Gasteiger partial charge in [0.1, 0.15) is 0 Å². The van der Waals surface area contributed by atoms with Gasteiger partial charge in [-0.25, -0.2) is 4.39 Å². The molecule has 3 N–H and O–H groups in total. The number of carbonyl (C=O) groups excluding carboxylic acids is 1. The van der Waals surface area contributed by atoms with Gasteiger partial charge >= 0.3 is 0 Å². The van der Waals surface area contributed by atoms with Crippen molar-refractivity contribution in [1.82, 2.24) is 5.32 Å². The summed E-state index contributed by atoms with van der Waals surface area (Å²) in [6, 6.07) is 4.50. The molecule has 0 fully saturated rings.